The second kappa shape index (κ2) is 62.1. The monoisotopic (exact) mass is 1020 g/mol. The summed E-state index contributed by atoms with van der Waals surface area (Å²) in [5.41, 5.74) is 0. The minimum absolute atomic E-state index is 0.0219. The number of unbranched alkanes of at least 4 members (excludes halogenated alkanes) is 51. The third kappa shape index (κ3) is 57.9. The molecule has 0 saturated heterocycles. The zero-order valence-corrected chi connectivity index (χ0v) is 48.9. The molecule has 1 amide bonds. The summed E-state index contributed by atoms with van der Waals surface area (Å²) in [6.45, 7) is 4.93. The Morgan fingerprint density at radius 1 is 0.375 bits per heavy atom. The van der Waals surface area contributed by atoms with Gasteiger partial charge >= 0.3 is 5.97 Å². The van der Waals surface area contributed by atoms with Crippen LogP contribution >= 0.6 is 0 Å². The minimum atomic E-state index is -0.840. The number of hydrogen-bond acceptors (Lipinski definition) is 5. The number of aliphatic hydroxyl groups excluding tert-OH is 2. The minimum Gasteiger partial charge on any atom is -0.466 e. The van der Waals surface area contributed by atoms with E-state index < -0.39 is 12.1 Å². The third-order valence-corrected chi connectivity index (χ3v) is 15.6. The summed E-state index contributed by atoms with van der Waals surface area (Å²) in [6, 6.07) is -0.624. The molecule has 0 rings (SSSR count). The Balaban J connectivity index is 3.32. The van der Waals surface area contributed by atoms with Gasteiger partial charge in [0.15, 0.2) is 0 Å². The zero-order valence-electron chi connectivity index (χ0n) is 48.9. The second-order valence-electron chi connectivity index (χ2n) is 22.8. The van der Waals surface area contributed by atoms with Crippen molar-refractivity contribution in [2.75, 3.05) is 13.2 Å². The van der Waals surface area contributed by atoms with Crippen LogP contribution in [0.25, 0.3) is 0 Å². The number of allylic oxidation sites excluding steroid dienone is 1. The molecule has 0 saturated carbocycles. The van der Waals surface area contributed by atoms with Crippen LogP contribution in [0.3, 0.4) is 0 Å². The van der Waals surface area contributed by atoms with E-state index in [0.29, 0.717) is 19.4 Å². The number of aliphatic hydroxyl groups is 2. The van der Waals surface area contributed by atoms with Crippen LogP contribution in [-0.4, -0.2) is 47.4 Å². The van der Waals surface area contributed by atoms with E-state index >= 15 is 0 Å². The smallest absolute Gasteiger partial charge is 0.305 e. The highest BCUT2D eigenvalue weighted by Gasteiger charge is 2.18. The van der Waals surface area contributed by atoms with Crippen molar-refractivity contribution >= 4 is 11.9 Å². The van der Waals surface area contributed by atoms with Crippen LogP contribution in [0.1, 0.15) is 373 Å². The summed E-state index contributed by atoms with van der Waals surface area (Å²) >= 11 is 0. The van der Waals surface area contributed by atoms with Crippen molar-refractivity contribution in [1.29, 1.82) is 0 Å². The summed E-state index contributed by atoms with van der Waals surface area (Å²) in [5, 5.41) is 23.0. The lowest BCUT2D eigenvalue weighted by Gasteiger charge is -2.20. The fourth-order valence-electron chi connectivity index (χ4n) is 10.5. The van der Waals surface area contributed by atoms with Crippen molar-refractivity contribution in [2.45, 2.75) is 386 Å². The first-order valence-corrected chi connectivity index (χ1v) is 33.0. The van der Waals surface area contributed by atoms with Gasteiger partial charge in [0, 0.05) is 12.8 Å². The van der Waals surface area contributed by atoms with E-state index in [0.717, 1.165) is 38.5 Å². The number of ether oxygens (including phenoxy) is 1. The first-order valence-electron chi connectivity index (χ1n) is 33.0. The van der Waals surface area contributed by atoms with Crippen LogP contribution in [-0.2, 0) is 14.3 Å². The molecule has 72 heavy (non-hydrogen) atoms. The molecule has 0 aromatic heterocycles. The van der Waals surface area contributed by atoms with Crippen molar-refractivity contribution in [3.05, 3.63) is 12.2 Å². The zero-order chi connectivity index (χ0) is 52.2. The van der Waals surface area contributed by atoms with E-state index in [9.17, 15) is 19.8 Å². The Labute approximate surface area is 450 Å². The largest absolute Gasteiger partial charge is 0.466 e. The molecule has 2 unspecified atom stereocenters. The first-order chi connectivity index (χ1) is 35.5. The number of nitrogens with one attached hydrogen (secondary N) is 1. The van der Waals surface area contributed by atoms with Crippen molar-refractivity contribution in [3.63, 3.8) is 0 Å². The van der Waals surface area contributed by atoms with Crippen molar-refractivity contribution in [2.24, 2.45) is 0 Å². The molecule has 0 heterocycles. The maximum Gasteiger partial charge on any atom is 0.305 e. The number of carbonyl (C=O) groups excluding carboxylic acids is 2. The number of rotatable bonds is 62. The number of esters is 1. The maximum absolute atomic E-state index is 12.4. The Hall–Kier alpha value is -1.40. The van der Waals surface area contributed by atoms with Gasteiger partial charge in [-0.1, -0.05) is 341 Å². The molecule has 0 aromatic carbocycles. The van der Waals surface area contributed by atoms with E-state index in [2.05, 4.69) is 19.2 Å². The van der Waals surface area contributed by atoms with Gasteiger partial charge in [0.25, 0.3) is 0 Å². The lowest BCUT2D eigenvalue weighted by atomic mass is 10.0. The Kier molecular flexibility index (Phi) is 60.9. The fourth-order valence-corrected chi connectivity index (χ4v) is 10.5. The predicted molar refractivity (Wildman–Crippen MR) is 315 cm³/mol. The van der Waals surface area contributed by atoms with E-state index in [-0.39, 0.29) is 18.5 Å². The van der Waals surface area contributed by atoms with Gasteiger partial charge in [-0.25, -0.2) is 0 Å². The number of carbonyl (C=O) groups is 2. The lowest BCUT2D eigenvalue weighted by Crippen LogP contribution is -2.45. The van der Waals surface area contributed by atoms with E-state index in [4.69, 9.17) is 4.74 Å². The van der Waals surface area contributed by atoms with Gasteiger partial charge in [0.05, 0.1) is 25.4 Å². The Bertz CT molecular complexity index is 1080. The molecule has 0 radical (unpaired) electrons. The van der Waals surface area contributed by atoms with Crippen LogP contribution in [0, 0.1) is 0 Å². The number of amides is 1. The van der Waals surface area contributed by atoms with Gasteiger partial charge in [-0.2, -0.15) is 0 Å². The van der Waals surface area contributed by atoms with Gasteiger partial charge in [-0.3, -0.25) is 9.59 Å². The molecule has 0 aliphatic carbocycles. The molecule has 6 heteroatoms. The highest BCUT2D eigenvalue weighted by molar-refractivity contribution is 5.76. The standard InChI is InChI=1S/C66H129NO5/c1-3-5-7-9-11-13-15-16-17-18-30-33-36-40-44-48-52-56-60-66(71)72-61-57-53-49-45-41-37-34-31-28-26-24-22-20-19-21-23-25-27-29-32-35-39-43-47-51-55-59-65(70)67-63(62-68)64(69)58-54-50-46-42-38-14-12-10-8-6-4-2/h54,58,63-64,68-69H,3-53,55-57,59-62H2,1-2H3,(H,67,70)/b58-54+. The van der Waals surface area contributed by atoms with Crippen LogP contribution in [0.5, 0.6) is 0 Å². The fraction of sp³-hybridized carbons (Fsp3) is 0.939. The molecule has 0 aliphatic rings. The Morgan fingerprint density at radius 2 is 0.639 bits per heavy atom. The summed E-state index contributed by atoms with van der Waals surface area (Å²) in [6.07, 6.45) is 75.7. The van der Waals surface area contributed by atoms with E-state index in [1.165, 1.54) is 308 Å². The summed E-state index contributed by atoms with van der Waals surface area (Å²) in [5.74, 6) is -0.0433. The van der Waals surface area contributed by atoms with Crippen LogP contribution < -0.4 is 5.32 Å². The second-order valence-corrected chi connectivity index (χ2v) is 22.8. The van der Waals surface area contributed by atoms with Crippen LogP contribution in [0.15, 0.2) is 12.2 Å². The van der Waals surface area contributed by atoms with Crippen molar-refractivity contribution in [3.8, 4) is 0 Å². The van der Waals surface area contributed by atoms with Gasteiger partial charge in [0.2, 0.25) is 5.91 Å². The Morgan fingerprint density at radius 3 is 0.944 bits per heavy atom. The van der Waals surface area contributed by atoms with Gasteiger partial charge in [-0.05, 0) is 32.1 Å². The SMILES string of the molecule is CCCCCCCCCCC/C=C/C(O)C(CO)NC(=O)CCCCCCCCCCCCCCCCCCCCCCCCCCCCOC(=O)CCCCCCCCCCCCCCCCCCCC. The van der Waals surface area contributed by atoms with E-state index in [1.54, 1.807) is 6.08 Å². The summed E-state index contributed by atoms with van der Waals surface area (Å²) in [4.78, 5) is 24.5. The topological polar surface area (TPSA) is 95.9 Å². The molecule has 0 fully saturated rings. The lowest BCUT2D eigenvalue weighted by molar-refractivity contribution is -0.143. The molecule has 428 valence electrons. The van der Waals surface area contributed by atoms with Crippen LogP contribution in [0.4, 0.5) is 0 Å². The highest BCUT2D eigenvalue weighted by Crippen LogP contribution is 2.19. The predicted octanol–water partition coefficient (Wildman–Crippen LogP) is 20.8. The molecule has 6 nitrogen and oxygen atoms in total. The van der Waals surface area contributed by atoms with Gasteiger partial charge < -0.3 is 20.3 Å². The molecule has 2 atom stereocenters. The average Bonchev–Trinajstić information content (AvgIpc) is 3.38. The molecular weight excluding hydrogens is 887 g/mol. The quantitative estimate of drug-likeness (QED) is 0.0320. The third-order valence-electron chi connectivity index (χ3n) is 15.6. The molecule has 0 bridgehead atoms. The first kappa shape index (κ1) is 70.6. The average molecular weight is 1020 g/mol. The molecule has 0 aromatic rings. The van der Waals surface area contributed by atoms with Gasteiger partial charge in [0.1, 0.15) is 0 Å². The van der Waals surface area contributed by atoms with Crippen molar-refractivity contribution in [1.82, 2.24) is 5.32 Å². The number of hydrogen-bond donors (Lipinski definition) is 3. The molecule has 0 spiro atoms. The van der Waals surface area contributed by atoms with Gasteiger partial charge in [-0.15, -0.1) is 0 Å². The van der Waals surface area contributed by atoms with Crippen LogP contribution in [0.2, 0.25) is 0 Å². The molecule has 0 aliphatic heterocycles. The normalized spacial score (nSPS) is 12.6. The molecule has 3 N–H and O–H groups in total. The maximum atomic E-state index is 12.4. The summed E-state index contributed by atoms with van der Waals surface area (Å²) < 4.78 is 5.51. The molecular formula is C66H129NO5. The van der Waals surface area contributed by atoms with Crippen molar-refractivity contribution < 1.29 is 24.5 Å². The summed E-state index contributed by atoms with van der Waals surface area (Å²) in [7, 11) is 0. The van der Waals surface area contributed by atoms with E-state index in [1.807, 2.05) is 6.08 Å². The highest BCUT2D eigenvalue weighted by atomic mass is 16.5.